The fourth-order valence-corrected chi connectivity index (χ4v) is 6.78. The molecule has 0 aliphatic rings. The maximum Gasteiger partial charge on any atom is 0.448 e. The molecule has 14 nitrogen and oxygen atoms in total. The standard InChI is InChI=1S/C21H15NO13S4/c23-21(34-38(30,31)19-11-15(36(24,25)26)9-13-5-1-3-7-17(13)19)22-35-39(32,33)20-12-16(37(27,28)29)10-14-6-2-4-8-18(14)20/h1-12H,(H,22,23)(H,24,25,26)(H,27,28,29). The second kappa shape index (κ2) is 9.83. The highest BCUT2D eigenvalue weighted by Gasteiger charge is 2.28. The molecule has 0 aliphatic carbocycles. The molecule has 0 radical (unpaired) electrons. The Hall–Kier alpha value is -3.65. The van der Waals surface area contributed by atoms with Gasteiger partial charge in [-0.1, -0.05) is 48.5 Å². The lowest BCUT2D eigenvalue weighted by atomic mass is 10.1. The van der Waals surface area contributed by atoms with Gasteiger partial charge in [-0.25, -0.2) is 4.79 Å². The van der Waals surface area contributed by atoms with Crippen molar-refractivity contribution in [2.24, 2.45) is 0 Å². The first-order chi connectivity index (χ1) is 18.0. The van der Waals surface area contributed by atoms with Crippen LogP contribution in [0, 0.1) is 0 Å². The van der Waals surface area contributed by atoms with E-state index in [2.05, 4.69) is 8.47 Å². The molecule has 0 spiro atoms. The lowest BCUT2D eigenvalue weighted by Gasteiger charge is -2.12. The summed E-state index contributed by atoms with van der Waals surface area (Å²) in [4.78, 5) is 8.93. The number of hydrogen-bond acceptors (Lipinski definition) is 11. The average molecular weight is 618 g/mol. The molecule has 4 aromatic carbocycles. The highest BCUT2D eigenvalue weighted by Crippen LogP contribution is 2.30. The van der Waals surface area contributed by atoms with Crippen LogP contribution in [0.4, 0.5) is 4.79 Å². The van der Waals surface area contributed by atoms with Gasteiger partial charge in [0.2, 0.25) is 0 Å². The minimum atomic E-state index is -5.14. The maximum absolute atomic E-state index is 12.8. The molecule has 0 atom stereocenters. The van der Waals surface area contributed by atoms with Crippen LogP contribution in [0.3, 0.4) is 0 Å². The van der Waals surface area contributed by atoms with E-state index in [0.717, 1.165) is 12.1 Å². The molecule has 0 saturated carbocycles. The molecule has 0 aliphatic heterocycles. The van der Waals surface area contributed by atoms with Crippen LogP contribution in [-0.2, 0) is 48.9 Å². The van der Waals surface area contributed by atoms with Crippen molar-refractivity contribution in [1.29, 1.82) is 0 Å². The van der Waals surface area contributed by atoms with Crippen molar-refractivity contribution >= 4 is 68.1 Å². The lowest BCUT2D eigenvalue weighted by molar-refractivity contribution is 0.147. The smallest absolute Gasteiger partial charge is 0.323 e. The SMILES string of the molecule is O=C(NOS(=O)(=O)c1cc(S(=O)(=O)O)cc2ccccc12)OS(=O)(=O)c1cc(S(=O)(=O)O)cc2ccccc12. The third-order valence-corrected chi connectivity index (χ3v) is 9.24. The summed E-state index contributed by atoms with van der Waals surface area (Å²) < 4.78 is 125. The van der Waals surface area contributed by atoms with Gasteiger partial charge in [-0.3, -0.25) is 9.11 Å². The molecule has 18 heteroatoms. The Morgan fingerprint density at radius 3 is 1.46 bits per heavy atom. The zero-order valence-electron chi connectivity index (χ0n) is 18.9. The number of rotatable bonds is 7. The summed E-state index contributed by atoms with van der Waals surface area (Å²) in [6.07, 6.45) is -1.98. The Balaban J connectivity index is 1.65. The minimum absolute atomic E-state index is 0.0413. The van der Waals surface area contributed by atoms with Crippen LogP contribution in [0.5, 0.6) is 0 Å². The molecule has 0 saturated heterocycles. The first kappa shape index (κ1) is 28.4. The van der Waals surface area contributed by atoms with E-state index < -0.39 is 66.1 Å². The van der Waals surface area contributed by atoms with Crippen LogP contribution >= 0.6 is 0 Å². The van der Waals surface area contributed by atoms with Crippen molar-refractivity contribution in [3.05, 3.63) is 72.8 Å². The lowest BCUT2D eigenvalue weighted by Crippen LogP contribution is -2.30. The van der Waals surface area contributed by atoms with E-state index in [9.17, 15) is 47.6 Å². The zero-order valence-corrected chi connectivity index (χ0v) is 22.2. The van der Waals surface area contributed by atoms with Gasteiger partial charge in [0.1, 0.15) is 9.79 Å². The van der Waals surface area contributed by atoms with E-state index in [1.807, 2.05) is 0 Å². The molecule has 0 heterocycles. The maximum atomic E-state index is 12.8. The van der Waals surface area contributed by atoms with Crippen molar-refractivity contribution < 1.29 is 56.0 Å². The number of carbonyl (C=O) groups is 1. The molecule has 1 amide bonds. The van der Waals surface area contributed by atoms with Gasteiger partial charge in [0.25, 0.3) is 20.2 Å². The van der Waals surface area contributed by atoms with E-state index in [1.54, 1.807) is 0 Å². The predicted octanol–water partition coefficient (Wildman–Crippen LogP) is 2.22. The number of hydrogen-bond donors (Lipinski definition) is 3. The van der Waals surface area contributed by atoms with E-state index >= 15 is 0 Å². The number of amides is 1. The third-order valence-electron chi connectivity index (χ3n) is 5.15. The fourth-order valence-electron chi connectivity index (χ4n) is 3.51. The summed E-state index contributed by atoms with van der Waals surface area (Å²) >= 11 is 0. The second-order valence-corrected chi connectivity index (χ2v) is 13.6. The summed E-state index contributed by atoms with van der Waals surface area (Å²) in [6.45, 7) is 0. The molecule has 4 aromatic rings. The van der Waals surface area contributed by atoms with Crippen LogP contribution in [0.2, 0.25) is 0 Å². The van der Waals surface area contributed by atoms with Crippen molar-refractivity contribution in [2.75, 3.05) is 0 Å². The fraction of sp³-hybridized carbons (Fsp3) is 0. The Morgan fingerprint density at radius 2 is 1.03 bits per heavy atom. The van der Waals surface area contributed by atoms with E-state index in [4.69, 9.17) is 0 Å². The van der Waals surface area contributed by atoms with Crippen molar-refractivity contribution in [3.8, 4) is 0 Å². The normalized spacial score (nSPS) is 12.9. The van der Waals surface area contributed by atoms with E-state index in [-0.39, 0.29) is 21.5 Å². The van der Waals surface area contributed by atoms with E-state index in [0.29, 0.717) is 12.1 Å². The number of carbonyl (C=O) groups excluding carboxylic acids is 1. The van der Waals surface area contributed by atoms with Crippen molar-refractivity contribution in [2.45, 2.75) is 19.6 Å². The van der Waals surface area contributed by atoms with Crippen LogP contribution < -0.4 is 5.48 Å². The minimum Gasteiger partial charge on any atom is -0.323 e. The molecular formula is C21H15NO13S4. The van der Waals surface area contributed by atoms with Gasteiger partial charge in [0.05, 0.1) is 9.79 Å². The first-order valence-electron chi connectivity index (χ1n) is 10.2. The average Bonchev–Trinajstić information content (AvgIpc) is 2.84. The van der Waals surface area contributed by atoms with Gasteiger partial charge >= 0.3 is 26.3 Å². The summed E-state index contributed by atoms with van der Waals surface area (Å²) in [5.41, 5.74) is 1.26. The van der Waals surface area contributed by atoms with Gasteiger partial charge in [0, 0.05) is 10.8 Å². The first-order valence-corrected chi connectivity index (χ1v) is 15.9. The predicted molar refractivity (Wildman–Crippen MR) is 133 cm³/mol. The molecule has 0 unspecified atom stereocenters. The molecule has 0 fully saturated rings. The van der Waals surface area contributed by atoms with Gasteiger partial charge < -0.3 is 4.18 Å². The zero-order chi connectivity index (χ0) is 28.8. The van der Waals surface area contributed by atoms with Crippen LogP contribution in [0.25, 0.3) is 21.5 Å². The molecule has 0 bridgehead atoms. The monoisotopic (exact) mass is 617 g/mol. The molecule has 4 rings (SSSR count). The largest absolute Gasteiger partial charge is 0.448 e. The molecule has 206 valence electrons. The number of nitrogens with one attached hydrogen (secondary N) is 1. The molecule has 3 N–H and O–H groups in total. The van der Waals surface area contributed by atoms with Crippen LogP contribution in [0.15, 0.2) is 92.4 Å². The third kappa shape index (κ3) is 6.01. The van der Waals surface area contributed by atoms with Crippen LogP contribution in [0.1, 0.15) is 0 Å². The number of fused-ring (bicyclic) bond motifs is 2. The summed E-state index contributed by atoms with van der Waals surface area (Å²) in [6, 6.07) is 14.0. The van der Waals surface area contributed by atoms with Crippen molar-refractivity contribution in [1.82, 2.24) is 5.48 Å². The second-order valence-electron chi connectivity index (χ2n) is 7.70. The number of hydroxylamine groups is 1. The van der Waals surface area contributed by atoms with Crippen LogP contribution in [-0.4, -0.2) is 48.9 Å². The highest BCUT2D eigenvalue weighted by atomic mass is 32.2. The van der Waals surface area contributed by atoms with Crippen molar-refractivity contribution in [3.63, 3.8) is 0 Å². The summed E-state index contributed by atoms with van der Waals surface area (Å²) in [5, 5.41) is -0.0638. The highest BCUT2D eigenvalue weighted by molar-refractivity contribution is 7.88. The Morgan fingerprint density at radius 1 is 0.615 bits per heavy atom. The van der Waals surface area contributed by atoms with Gasteiger partial charge in [-0.05, 0) is 35.0 Å². The summed E-state index contributed by atoms with van der Waals surface area (Å²) in [7, 11) is -19.9. The van der Waals surface area contributed by atoms with Gasteiger partial charge in [-0.15, -0.1) is 4.28 Å². The Labute approximate surface area is 221 Å². The molecule has 0 aromatic heterocycles. The molecular weight excluding hydrogens is 602 g/mol. The molecule has 39 heavy (non-hydrogen) atoms. The number of benzene rings is 4. The summed E-state index contributed by atoms with van der Waals surface area (Å²) in [5.74, 6) is 0. The van der Waals surface area contributed by atoms with Gasteiger partial charge in [0.15, 0.2) is 0 Å². The topological polar surface area (TPSA) is 225 Å². The van der Waals surface area contributed by atoms with E-state index in [1.165, 1.54) is 54.0 Å². The quantitative estimate of drug-likeness (QED) is 0.154. The Bertz CT molecular complexity index is 2090. The Kier molecular flexibility index (Phi) is 7.15. The van der Waals surface area contributed by atoms with Gasteiger partial charge in [-0.2, -0.15) is 39.2 Å².